The van der Waals surface area contributed by atoms with E-state index in [-0.39, 0.29) is 5.41 Å². The van der Waals surface area contributed by atoms with Crippen LogP contribution >= 0.6 is 0 Å². The number of aryl methyl sites for hydroxylation is 1. The molecule has 3 atom stereocenters. The summed E-state index contributed by atoms with van der Waals surface area (Å²) in [6.45, 7) is 2.76. The lowest BCUT2D eigenvalue weighted by Gasteiger charge is -2.50. The molecule has 5 nitrogen and oxygen atoms in total. The number of hydrogen-bond acceptors (Lipinski definition) is 4. The van der Waals surface area contributed by atoms with Crippen molar-refractivity contribution >= 4 is 10.9 Å². The van der Waals surface area contributed by atoms with E-state index in [9.17, 15) is 5.11 Å². The van der Waals surface area contributed by atoms with E-state index in [2.05, 4.69) is 29.1 Å². The largest absolute Gasteiger partial charge is 0.387 e. The first-order chi connectivity index (χ1) is 14.6. The molecule has 158 valence electrons. The lowest BCUT2D eigenvalue weighted by atomic mass is 9.57. The molecule has 5 heteroatoms. The molecule has 2 aromatic heterocycles. The molecule has 1 aromatic carbocycles. The molecule has 2 aliphatic carbocycles. The van der Waals surface area contributed by atoms with Gasteiger partial charge in [-0.1, -0.05) is 6.92 Å². The predicted molar refractivity (Wildman–Crippen MR) is 118 cm³/mol. The van der Waals surface area contributed by atoms with Gasteiger partial charge in [-0.3, -0.25) is 4.98 Å². The zero-order chi connectivity index (χ0) is 20.8. The average molecular weight is 406 g/mol. The van der Waals surface area contributed by atoms with Gasteiger partial charge in [0, 0.05) is 18.7 Å². The van der Waals surface area contributed by atoms with Gasteiger partial charge in [0.15, 0.2) is 0 Å². The van der Waals surface area contributed by atoms with Crippen LogP contribution in [-0.4, -0.2) is 39.2 Å². The molecule has 0 unspecified atom stereocenters. The first-order valence-electron chi connectivity index (χ1n) is 11.2. The number of rotatable bonds is 4. The van der Waals surface area contributed by atoms with Gasteiger partial charge >= 0.3 is 0 Å². The Hall–Kier alpha value is -2.24. The number of methoxy groups -OCH3 is 1. The van der Waals surface area contributed by atoms with Gasteiger partial charge in [0.05, 0.1) is 35.8 Å². The van der Waals surface area contributed by atoms with Crippen molar-refractivity contribution in [3.05, 3.63) is 54.0 Å². The molecule has 0 radical (unpaired) electrons. The third-order valence-electron chi connectivity index (χ3n) is 7.71. The third-order valence-corrected chi connectivity index (χ3v) is 7.71. The minimum Gasteiger partial charge on any atom is -0.387 e. The van der Waals surface area contributed by atoms with Crippen molar-refractivity contribution in [2.45, 2.75) is 62.9 Å². The van der Waals surface area contributed by atoms with Crippen LogP contribution < -0.4 is 0 Å². The second kappa shape index (κ2) is 7.47. The van der Waals surface area contributed by atoms with Gasteiger partial charge in [-0.2, -0.15) is 5.10 Å². The Kier molecular flexibility index (Phi) is 4.91. The van der Waals surface area contributed by atoms with Crippen molar-refractivity contribution in [2.24, 2.45) is 5.92 Å². The summed E-state index contributed by atoms with van der Waals surface area (Å²) in [4.78, 5) is 4.26. The summed E-state index contributed by atoms with van der Waals surface area (Å²) in [6, 6.07) is 8.76. The van der Waals surface area contributed by atoms with E-state index in [1.165, 1.54) is 22.9 Å². The van der Waals surface area contributed by atoms with E-state index < -0.39 is 5.60 Å². The Balaban J connectivity index is 1.61. The Morgan fingerprint density at radius 3 is 2.93 bits per heavy atom. The molecule has 2 aliphatic rings. The highest BCUT2D eigenvalue weighted by Gasteiger charge is 2.49. The molecular formula is C25H31N3O2. The summed E-state index contributed by atoms with van der Waals surface area (Å²) in [7, 11) is 1.69. The molecule has 2 heterocycles. The number of pyridine rings is 1. The summed E-state index contributed by atoms with van der Waals surface area (Å²) in [6.07, 6.45) is 12.8. The van der Waals surface area contributed by atoms with Crippen molar-refractivity contribution in [1.29, 1.82) is 0 Å². The van der Waals surface area contributed by atoms with Crippen LogP contribution in [0.4, 0.5) is 0 Å². The Morgan fingerprint density at radius 2 is 2.17 bits per heavy atom. The molecule has 1 saturated carbocycles. The fourth-order valence-corrected chi connectivity index (χ4v) is 6.22. The zero-order valence-electron chi connectivity index (χ0n) is 18.0. The average Bonchev–Trinajstić information content (AvgIpc) is 3.10. The quantitative estimate of drug-likeness (QED) is 0.690. The zero-order valence-corrected chi connectivity index (χ0v) is 18.0. The minimum atomic E-state index is -0.683. The first-order valence-corrected chi connectivity index (χ1v) is 11.2. The molecule has 0 amide bonds. The lowest BCUT2D eigenvalue weighted by molar-refractivity contribution is -0.0903. The van der Waals surface area contributed by atoms with Crippen molar-refractivity contribution in [2.75, 3.05) is 13.7 Å². The van der Waals surface area contributed by atoms with Crippen LogP contribution in [0, 0.1) is 5.92 Å². The van der Waals surface area contributed by atoms with E-state index in [1.54, 1.807) is 13.3 Å². The van der Waals surface area contributed by atoms with Crippen molar-refractivity contribution in [3.8, 4) is 5.69 Å². The van der Waals surface area contributed by atoms with Crippen LogP contribution in [0.1, 0.15) is 56.6 Å². The number of aromatic nitrogens is 3. The number of hydrogen-bond donors (Lipinski definition) is 1. The molecule has 3 aromatic rings. The van der Waals surface area contributed by atoms with Gasteiger partial charge < -0.3 is 9.84 Å². The second-order valence-electron chi connectivity index (χ2n) is 9.30. The number of nitrogens with zero attached hydrogens (tertiary/aromatic N) is 3. The molecule has 0 saturated heterocycles. The predicted octanol–water partition coefficient (Wildman–Crippen LogP) is 4.58. The highest BCUT2D eigenvalue weighted by Crippen LogP contribution is 2.54. The van der Waals surface area contributed by atoms with E-state index >= 15 is 0 Å². The van der Waals surface area contributed by atoms with Crippen molar-refractivity contribution in [1.82, 2.24) is 14.8 Å². The minimum absolute atomic E-state index is 0.135. The van der Waals surface area contributed by atoms with E-state index in [1.807, 2.05) is 29.2 Å². The SMILES string of the molecule is CC[C@]12CC[C@@](O)(COC)C[C@H]1CCCc1cc3c(cnn3-c3cccnc3)cc12. The fraction of sp³-hybridized carbons (Fsp3) is 0.520. The lowest BCUT2D eigenvalue weighted by Crippen LogP contribution is -2.49. The van der Waals surface area contributed by atoms with Gasteiger partial charge in [0.2, 0.25) is 0 Å². The number of fused-ring (bicyclic) bond motifs is 4. The van der Waals surface area contributed by atoms with Crippen LogP contribution in [0.3, 0.4) is 0 Å². The van der Waals surface area contributed by atoms with Gasteiger partial charge in [0.1, 0.15) is 0 Å². The first kappa shape index (κ1) is 19.7. The van der Waals surface area contributed by atoms with Crippen LogP contribution in [0.2, 0.25) is 0 Å². The van der Waals surface area contributed by atoms with E-state index in [4.69, 9.17) is 4.74 Å². The molecule has 0 bridgehead atoms. The van der Waals surface area contributed by atoms with Gasteiger partial charge in [-0.05, 0) is 91.7 Å². The fourth-order valence-electron chi connectivity index (χ4n) is 6.22. The van der Waals surface area contributed by atoms with Crippen LogP contribution in [-0.2, 0) is 16.6 Å². The second-order valence-corrected chi connectivity index (χ2v) is 9.30. The topological polar surface area (TPSA) is 60.2 Å². The summed E-state index contributed by atoms with van der Waals surface area (Å²) in [5.74, 6) is 0.489. The van der Waals surface area contributed by atoms with E-state index in [0.717, 1.165) is 49.7 Å². The monoisotopic (exact) mass is 405 g/mol. The normalized spacial score (nSPS) is 28.7. The van der Waals surface area contributed by atoms with Gasteiger partial charge in [-0.25, -0.2) is 4.68 Å². The molecule has 5 rings (SSSR count). The number of aliphatic hydroxyl groups is 1. The third kappa shape index (κ3) is 3.07. The van der Waals surface area contributed by atoms with Crippen molar-refractivity contribution < 1.29 is 9.84 Å². The Morgan fingerprint density at radius 1 is 1.27 bits per heavy atom. The number of benzene rings is 1. The van der Waals surface area contributed by atoms with Gasteiger partial charge in [-0.15, -0.1) is 0 Å². The number of ether oxygens (including phenoxy) is 1. The molecule has 0 aliphatic heterocycles. The summed E-state index contributed by atoms with van der Waals surface area (Å²) >= 11 is 0. The van der Waals surface area contributed by atoms with Crippen LogP contribution in [0.5, 0.6) is 0 Å². The maximum atomic E-state index is 11.1. The molecule has 0 spiro atoms. The van der Waals surface area contributed by atoms with Crippen molar-refractivity contribution in [3.63, 3.8) is 0 Å². The maximum absolute atomic E-state index is 11.1. The summed E-state index contributed by atoms with van der Waals surface area (Å²) in [5, 5.41) is 17.0. The highest BCUT2D eigenvalue weighted by molar-refractivity contribution is 5.82. The maximum Gasteiger partial charge on any atom is 0.0883 e. The summed E-state index contributed by atoms with van der Waals surface area (Å²) < 4.78 is 7.37. The smallest absolute Gasteiger partial charge is 0.0883 e. The Labute approximate surface area is 178 Å². The van der Waals surface area contributed by atoms with E-state index in [0.29, 0.717) is 12.5 Å². The molecular weight excluding hydrogens is 374 g/mol. The van der Waals surface area contributed by atoms with Crippen LogP contribution in [0.15, 0.2) is 42.9 Å². The molecule has 1 fully saturated rings. The van der Waals surface area contributed by atoms with Gasteiger partial charge in [0.25, 0.3) is 0 Å². The molecule has 1 N–H and O–H groups in total. The summed E-state index contributed by atoms with van der Waals surface area (Å²) in [5.41, 5.74) is 4.54. The Bertz CT molecular complexity index is 1050. The standard InChI is InChI=1S/C25H31N3O2/c1-3-25-10-9-24(29,17-30-2)14-20(25)7-4-6-18-13-23-19(12-22(18)25)15-27-28(23)21-8-5-11-26-16-21/h5,8,11-13,15-16,20,29H,3-4,6-7,9-10,14,17H2,1-2H3/t20-,24+,25+/m1/s1. The highest BCUT2D eigenvalue weighted by atomic mass is 16.5. The van der Waals surface area contributed by atoms with Crippen LogP contribution in [0.25, 0.3) is 16.6 Å². The molecule has 30 heavy (non-hydrogen) atoms.